The first kappa shape index (κ1) is 11.5. The summed E-state index contributed by atoms with van der Waals surface area (Å²) < 4.78 is 0. The fraction of sp³-hybridized carbons (Fsp3) is 0.364. The number of carbonyl (C=O) groups is 1. The number of nitrogens with one attached hydrogen (secondary N) is 1. The number of rotatable bonds is 2. The molecule has 0 aliphatic carbocycles. The van der Waals surface area contributed by atoms with Crippen LogP contribution in [0.4, 0.5) is 5.69 Å². The van der Waals surface area contributed by atoms with Crippen LogP contribution in [0.1, 0.15) is 19.4 Å². The molecular formula is C11H16N2O2. The van der Waals surface area contributed by atoms with E-state index in [2.05, 4.69) is 5.32 Å². The Balaban J connectivity index is 2.87. The summed E-state index contributed by atoms with van der Waals surface area (Å²) in [6.45, 7) is 5.08. The lowest BCUT2D eigenvalue weighted by molar-refractivity contribution is -0.120. The number of hydrogen-bond donors (Lipinski definition) is 3. The summed E-state index contributed by atoms with van der Waals surface area (Å²) in [6, 6.07) is 4.75. The molecule has 0 radical (unpaired) electrons. The van der Waals surface area contributed by atoms with Crippen molar-refractivity contribution in [2.24, 2.45) is 5.73 Å². The van der Waals surface area contributed by atoms with Gasteiger partial charge in [0.1, 0.15) is 5.75 Å². The van der Waals surface area contributed by atoms with Crippen molar-refractivity contribution in [2.75, 3.05) is 5.32 Å². The molecule has 1 amide bonds. The molecule has 0 bridgehead atoms. The van der Waals surface area contributed by atoms with Gasteiger partial charge in [-0.2, -0.15) is 0 Å². The number of aryl methyl sites for hydroxylation is 1. The summed E-state index contributed by atoms with van der Waals surface area (Å²) in [6.07, 6.45) is 0. The first-order chi connectivity index (χ1) is 6.80. The molecule has 15 heavy (non-hydrogen) atoms. The Morgan fingerprint density at radius 1 is 1.47 bits per heavy atom. The van der Waals surface area contributed by atoms with E-state index in [0.29, 0.717) is 5.69 Å². The largest absolute Gasteiger partial charge is 0.508 e. The van der Waals surface area contributed by atoms with Gasteiger partial charge in [0, 0.05) is 5.69 Å². The third kappa shape index (κ3) is 2.95. The Hall–Kier alpha value is -1.55. The molecule has 1 rings (SSSR count). The predicted molar refractivity (Wildman–Crippen MR) is 59.7 cm³/mol. The Morgan fingerprint density at radius 2 is 2.07 bits per heavy atom. The van der Waals surface area contributed by atoms with Crippen LogP contribution in [0.25, 0.3) is 0 Å². The summed E-state index contributed by atoms with van der Waals surface area (Å²) in [5.74, 6) is -0.0752. The van der Waals surface area contributed by atoms with Crippen molar-refractivity contribution in [3.05, 3.63) is 23.8 Å². The minimum Gasteiger partial charge on any atom is -0.508 e. The van der Waals surface area contributed by atoms with E-state index in [-0.39, 0.29) is 11.7 Å². The molecule has 1 aromatic rings. The van der Waals surface area contributed by atoms with Crippen LogP contribution in [0.3, 0.4) is 0 Å². The molecule has 0 aliphatic heterocycles. The van der Waals surface area contributed by atoms with E-state index in [4.69, 9.17) is 5.73 Å². The number of phenolic OH excluding ortho intramolecular Hbond substituents is 1. The van der Waals surface area contributed by atoms with Crippen LogP contribution in [-0.4, -0.2) is 16.6 Å². The van der Waals surface area contributed by atoms with Crippen LogP contribution >= 0.6 is 0 Å². The second-order valence-corrected chi connectivity index (χ2v) is 4.18. The third-order valence-corrected chi connectivity index (χ3v) is 2.04. The summed E-state index contributed by atoms with van der Waals surface area (Å²) in [5, 5.41) is 11.9. The highest BCUT2D eigenvalue weighted by molar-refractivity contribution is 5.97. The predicted octanol–water partition coefficient (Wildman–Crippen LogP) is 1.38. The first-order valence-electron chi connectivity index (χ1n) is 4.70. The summed E-state index contributed by atoms with van der Waals surface area (Å²) in [4.78, 5) is 11.6. The van der Waals surface area contributed by atoms with E-state index >= 15 is 0 Å². The van der Waals surface area contributed by atoms with Crippen molar-refractivity contribution in [2.45, 2.75) is 26.3 Å². The van der Waals surface area contributed by atoms with Crippen molar-refractivity contribution in [1.29, 1.82) is 0 Å². The molecule has 0 unspecified atom stereocenters. The lowest BCUT2D eigenvalue weighted by Crippen LogP contribution is -2.45. The molecule has 0 saturated carbocycles. The first-order valence-corrected chi connectivity index (χ1v) is 4.70. The quantitative estimate of drug-likeness (QED) is 0.643. The molecule has 0 heterocycles. The van der Waals surface area contributed by atoms with Gasteiger partial charge in [0.2, 0.25) is 5.91 Å². The SMILES string of the molecule is Cc1cc(O)ccc1NC(=O)C(C)(C)N. The normalized spacial score (nSPS) is 11.2. The number of nitrogens with two attached hydrogens (primary N) is 1. The van der Waals surface area contributed by atoms with Gasteiger partial charge in [-0.15, -0.1) is 0 Å². The Morgan fingerprint density at radius 3 is 2.53 bits per heavy atom. The Kier molecular flexibility index (Phi) is 3.00. The van der Waals surface area contributed by atoms with Crippen LogP contribution in [-0.2, 0) is 4.79 Å². The van der Waals surface area contributed by atoms with E-state index in [1.54, 1.807) is 32.9 Å². The van der Waals surface area contributed by atoms with Crippen LogP contribution in [0, 0.1) is 6.92 Å². The number of benzene rings is 1. The molecule has 0 atom stereocenters. The van der Waals surface area contributed by atoms with Crippen LogP contribution < -0.4 is 11.1 Å². The lowest BCUT2D eigenvalue weighted by Gasteiger charge is -2.18. The fourth-order valence-electron chi connectivity index (χ4n) is 1.07. The molecule has 0 fully saturated rings. The van der Waals surface area contributed by atoms with Crippen molar-refractivity contribution < 1.29 is 9.90 Å². The standard InChI is InChI=1S/C11H16N2O2/c1-7-6-8(14)4-5-9(7)13-10(15)11(2,3)12/h4-6,14H,12H2,1-3H3,(H,13,15). The van der Waals surface area contributed by atoms with Crippen LogP contribution in [0.2, 0.25) is 0 Å². The number of anilines is 1. The zero-order chi connectivity index (χ0) is 11.6. The molecular weight excluding hydrogens is 192 g/mol. The molecule has 0 aromatic heterocycles. The zero-order valence-corrected chi connectivity index (χ0v) is 9.16. The molecule has 4 heteroatoms. The van der Waals surface area contributed by atoms with Gasteiger partial charge in [-0.1, -0.05) is 0 Å². The molecule has 0 saturated heterocycles. The topological polar surface area (TPSA) is 75.3 Å². The monoisotopic (exact) mass is 208 g/mol. The molecule has 82 valence electrons. The van der Waals surface area contributed by atoms with Crippen molar-refractivity contribution in [3.8, 4) is 5.75 Å². The van der Waals surface area contributed by atoms with E-state index in [1.165, 1.54) is 6.07 Å². The third-order valence-electron chi connectivity index (χ3n) is 2.04. The van der Waals surface area contributed by atoms with Crippen LogP contribution in [0.5, 0.6) is 5.75 Å². The average Bonchev–Trinajstić information content (AvgIpc) is 2.08. The van der Waals surface area contributed by atoms with E-state index < -0.39 is 5.54 Å². The van der Waals surface area contributed by atoms with Crippen molar-refractivity contribution >= 4 is 11.6 Å². The highest BCUT2D eigenvalue weighted by atomic mass is 16.3. The highest BCUT2D eigenvalue weighted by Crippen LogP contribution is 2.20. The maximum absolute atomic E-state index is 11.6. The smallest absolute Gasteiger partial charge is 0.243 e. The molecule has 1 aromatic carbocycles. The van der Waals surface area contributed by atoms with Crippen molar-refractivity contribution in [3.63, 3.8) is 0 Å². The Labute approximate surface area is 89.1 Å². The van der Waals surface area contributed by atoms with Gasteiger partial charge >= 0.3 is 0 Å². The van der Waals surface area contributed by atoms with E-state index in [0.717, 1.165) is 5.56 Å². The second kappa shape index (κ2) is 3.90. The number of carbonyl (C=O) groups excluding carboxylic acids is 1. The van der Waals surface area contributed by atoms with Crippen molar-refractivity contribution in [1.82, 2.24) is 0 Å². The molecule has 4 N–H and O–H groups in total. The van der Waals surface area contributed by atoms with Gasteiger partial charge in [0.15, 0.2) is 0 Å². The van der Waals surface area contributed by atoms with Gasteiger partial charge in [-0.25, -0.2) is 0 Å². The molecule has 4 nitrogen and oxygen atoms in total. The summed E-state index contributed by atoms with van der Waals surface area (Å²) >= 11 is 0. The maximum Gasteiger partial charge on any atom is 0.243 e. The van der Waals surface area contributed by atoms with Crippen LogP contribution in [0.15, 0.2) is 18.2 Å². The highest BCUT2D eigenvalue weighted by Gasteiger charge is 2.22. The number of aromatic hydroxyl groups is 1. The van der Waals surface area contributed by atoms with Gasteiger partial charge < -0.3 is 16.2 Å². The summed E-state index contributed by atoms with van der Waals surface area (Å²) in [5.41, 5.74) is 6.19. The minimum absolute atomic E-state index is 0.178. The minimum atomic E-state index is -0.912. The van der Waals surface area contributed by atoms with Gasteiger partial charge in [0.25, 0.3) is 0 Å². The Bertz CT molecular complexity index is 381. The van der Waals surface area contributed by atoms with Gasteiger partial charge in [0.05, 0.1) is 5.54 Å². The number of amides is 1. The van der Waals surface area contributed by atoms with Gasteiger partial charge in [-0.05, 0) is 44.5 Å². The van der Waals surface area contributed by atoms with E-state index in [9.17, 15) is 9.90 Å². The summed E-state index contributed by atoms with van der Waals surface area (Å²) in [7, 11) is 0. The average molecular weight is 208 g/mol. The van der Waals surface area contributed by atoms with Gasteiger partial charge in [-0.3, -0.25) is 4.79 Å². The zero-order valence-electron chi connectivity index (χ0n) is 9.16. The number of hydrogen-bond acceptors (Lipinski definition) is 3. The van der Waals surface area contributed by atoms with E-state index in [1.807, 2.05) is 0 Å². The maximum atomic E-state index is 11.6. The number of phenols is 1. The second-order valence-electron chi connectivity index (χ2n) is 4.18. The molecule has 0 aliphatic rings. The fourth-order valence-corrected chi connectivity index (χ4v) is 1.07. The lowest BCUT2D eigenvalue weighted by atomic mass is 10.1. The molecule has 0 spiro atoms.